The predicted molar refractivity (Wildman–Crippen MR) is 145 cm³/mol. The van der Waals surface area contributed by atoms with Gasteiger partial charge in [0.1, 0.15) is 11.9 Å². The fourth-order valence-corrected chi connectivity index (χ4v) is 6.14. The second-order valence-corrected chi connectivity index (χ2v) is 10.9. The maximum absolute atomic E-state index is 13.1. The summed E-state index contributed by atoms with van der Waals surface area (Å²) in [4.78, 5) is 25.1. The van der Waals surface area contributed by atoms with E-state index in [-0.39, 0.29) is 25.0 Å². The zero-order chi connectivity index (χ0) is 28.0. The van der Waals surface area contributed by atoms with Crippen molar-refractivity contribution in [2.24, 2.45) is 5.92 Å². The van der Waals surface area contributed by atoms with E-state index in [4.69, 9.17) is 9.84 Å². The Labute approximate surface area is 230 Å². The van der Waals surface area contributed by atoms with E-state index in [9.17, 15) is 22.8 Å². The minimum absolute atomic E-state index is 0.0510. The van der Waals surface area contributed by atoms with Crippen molar-refractivity contribution in [1.29, 1.82) is 0 Å². The first-order chi connectivity index (χ1) is 18.7. The number of alkyl halides is 3. The Hall–Kier alpha value is -3.33. The van der Waals surface area contributed by atoms with Crippen LogP contribution >= 0.6 is 11.3 Å². The first kappa shape index (κ1) is 28.7. The van der Waals surface area contributed by atoms with Crippen molar-refractivity contribution in [2.75, 3.05) is 6.54 Å². The average Bonchev–Trinajstić information content (AvgIpc) is 3.36. The van der Waals surface area contributed by atoms with Crippen LogP contribution in [-0.4, -0.2) is 23.5 Å². The van der Waals surface area contributed by atoms with Crippen LogP contribution < -0.4 is 10.1 Å². The summed E-state index contributed by atoms with van der Waals surface area (Å²) in [6.07, 6.45) is 1.54. The first-order valence-corrected chi connectivity index (χ1v) is 14.0. The number of amides is 1. The number of ether oxygens (including phenoxy) is 1. The van der Waals surface area contributed by atoms with Crippen LogP contribution in [0.2, 0.25) is 0 Å². The number of hydrogen-bond acceptors (Lipinski definition) is 4. The molecule has 0 saturated heterocycles. The lowest BCUT2D eigenvalue weighted by atomic mass is 9.82. The van der Waals surface area contributed by atoms with Gasteiger partial charge in [-0.15, -0.1) is 11.3 Å². The lowest BCUT2D eigenvalue weighted by Gasteiger charge is -2.31. The summed E-state index contributed by atoms with van der Waals surface area (Å²) in [7, 11) is 0. The molecule has 9 heteroatoms. The molecule has 4 rings (SSSR count). The zero-order valence-corrected chi connectivity index (χ0v) is 22.5. The van der Waals surface area contributed by atoms with Crippen LogP contribution in [0.3, 0.4) is 0 Å². The molecule has 39 heavy (non-hydrogen) atoms. The van der Waals surface area contributed by atoms with Crippen LogP contribution in [-0.2, 0) is 17.4 Å². The van der Waals surface area contributed by atoms with Crippen molar-refractivity contribution in [1.82, 2.24) is 5.32 Å². The summed E-state index contributed by atoms with van der Waals surface area (Å²) in [5.41, 5.74) is 1.56. The molecule has 1 fully saturated rings. The summed E-state index contributed by atoms with van der Waals surface area (Å²) in [6, 6.07) is 14.2. The number of carbonyl (C=O) groups excluding carboxylic acids is 1. The van der Waals surface area contributed by atoms with Gasteiger partial charge in [-0.3, -0.25) is 9.59 Å². The molecule has 2 N–H and O–H groups in total. The number of rotatable bonds is 10. The average molecular weight is 560 g/mol. The van der Waals surface area contributed by atoms with Crippen molar-refractivity contribution in [3.8, 4) is 16.2 Å². The summed E-state index contributed by atoms with van der Waals surface area (Å²) in [5, 5.41) is 11.3. The Morgan fingerprint density at radius 3 is 2.31 bits per heavy atom. The number of hydrogen-bond donors (Lipinski definition) is 2. The summed E-state index contributed by atoms with van der Waals surface area (Å²) >= 11 is 1.59. The second kappa shape index (κ2) is 12.7. The lowest BCUT2D eigenvalue weighted by molar-refractivity contribution is -0.138. The number of carboxylic acids is 1. The van der Waals surface area contributed by atoms with Gasteiger partial charge in [-0.1, -0.05) is 38.3 Å². The molecule has 2 aromatic carbocycles. The number of benzene rings is 2. The highest BCUT2D eigenvalue weighted by Crippen LogP contribution is 2.44. The Morgan fingerprint density at radius 2 is 1.72 bits per heavy atom. The number of aryl methyl sites for hydroxylation is 1. The monoisotopic (exact) mass is 559 g/mol. The van der Waals surface area contributed by atoms with E-state index < -0.39 is 17.7 Å². The van der Waals surface area contributed by atoms with Crippen LogP contribution in [0.5, 0.6) is 5.75 Å². The van der Waals surface area contributed by atoms with Gasteiger partial charge >= 0.3 is 12.1 Å². The molecule has 1 aliphatic carbocycles. The number of carbonyl (C=O) groups is 2. The van der Waals surface area contributed by atoms with Gasteiger partial charge in [0.2, 0.25) is 0 Å². The molecular weight excluding hydrogens is 527 g/mol. The fraction of sp³-hybridized carbons (Fsp3) is 0.400. The maximum Gasteiger partial charge on any atom is 0.416 e. The smallest absolute Gasteiger partial charge is 0.416 e. The summed E-state index contributed by atoms with van der Waals surface area (Å²) in [5.74, 6) is -0.400. The minimum atomic E-state index is -4.37. The number of aliphatic carboxylic acids is 1. The molecule has 0 aliphatic heterocycles. The second-order valence-electron chi connectivity index (χ2n) is 9.78. The molecule has 1 atom stereocenters. The lowest BCUT2D eigenvalue weighted by Crippen LogP contribution is -2.26. The Morgan fingerprint density at radius 1 is 1.05 bits per heavy atom. The molecule has 0 bridgehead atoms. The van der Waals surface area contributed by atoms with Crippen LogP contribution in [0.25, 0.3) is 10.4 Å². The third-order valence-electron chi connectivity index (χ3n) is 7.05. The molecule has 1 saturated carbocycles. The van der Waals surface area contributed by atoms with Crippen molar-refractivity contribution in [2.45, 2.75) is 64.1 Å². The van der Waals surface area contributed by atoms with Gasteiger partial charge in [-0.2, -0.15) is 13.2 Å². The number of carboxylic acid groups (broad SMARTS) is 1. The topological polar surface area (TPSA) is 75.6 Å². The molecular formula is C30H32F3NO4S. The van der Waals surface area contributed by atoms with E-state index in [0.29, 0.717) is 17.2 Å². The van der Waals surface area contributed by atoms with Crippen LogP contribution in [0, 0.1) is 5.92 Å². The van der Waals surface area contributed by atoms with Crippen LogP contribution in [0.1, 0.15) is 77.9 Å². The minimum Gasteiger partial charge on any atom is -0.485 e. The quantitative estimate of drug-likeness (QED) is 0.265. The molecule has 1 amide bonds. The third-order valence-corrected chi connectivity index (χ3v) is 8.39. The maximum atomic E-state index is 13.1. The molecule has 0 spiro atoms. The Bertz CT molecular complexity index is 1260. The highest BCUT2D eigenvalue weighted by Gasteiger charge is 2.32. The van der Waals surface area contributed by atoms with E-state index in [2.05, 4.69) is 18.3 Å². The van der Waals surface area contributed by atoms with Gasteiger partial charge in [0.15, 0.2) is 0 Å². The van der Waals surface area contributed by atoms with Crippen molar-refractivity contribution >= 4 is 23.2 Å². The van der Waals surface area contributed by atoms with Gasteiger partial charge < -0.3 is 15.2 Å². The molecule has 1 heterocycles. The molecule has 208 valence electrons. The number of nitrogens with one attached hydrogen (secondary N) is 1. The van der Waals surface area contributed by atoms with Gasteiger partial charge in [0, 0.05) is 33.3 Å². The van der Waals surface area contributed by atoms with Gasteiger partial charge in [-0.05, 0) is 67.3 Å². The predicted octanol–water partition coefficient (Wildman–Crippen LogP) is 7.90. The number of halogens is 3. The van der Waals surface area contributed by atoms with E-state index >= 15 is 0 Å². The number of thiophene rings is 1. The van der Waals surface area contributed by atoms with Gasteiger partial charge in [0.05, 0.1) is 12.0 Å². The van der Waals surface area contributed by atoms with Gasteiger partial charge in [-0.25, -0.2) is 0 Å². The van der Waals surface area contributed by atoms with Crippen molar-refractivity contribution in [3.63, 3.8) is 0 Å². The fourth-order valence-electron chi connectivity index (χ4n) is 4.99. The van der Waals surface area contributed by atoms with Crippen LogP contribution in [0.15, 0.2) is 54.6 Å². The normalized spacial score (nSPS) is 15.1. The molecule has 1 aromatic heterocycles. The highest BCUT2D eigenvalue weighted by atomic mass is 32.1. The van der Waals surface area contributed by atoms with Crippen molar-refractivity contribution in [3.05, 3.63) is 76.2 Å². The molecule has 1 unspecified atom stereocenters. The van der Waals surface area contributed by atoms with E-state index in [1.165, 1.54) is 18.6 Å². The van der Waals surface area contributed by atoms with E-state index in [0.717, 1.165) is 65.1 Å². The molecule has 1 aliphatic rings. The molecule has 0 radical (unpaired) electrons. The standard InChI is InChI=1S/C30H32F3NO4S/c1-2-25-24(18-26(39-25)19-8-12-22(13-9-19)30(31,32)33)28(20-6-4-3-5-7-20)38-23-14-10-21(11-15-23)29(37)34-17-16-27(35)36/h8-15,18,20,28H,2-7,16-17H2,1H3,(H,34,37)(H,35,36). The highest BCUT2D eigenvalue weighted by molar-refractivity contribution is 7.15. The largest absolute Gasteiger partial charge is 0.485 e. The summed E-state index contributed by atoms with van der Waals surface area (Å²) < 4.78 is 45.8. The molecule has 5 nitrogen and oxygen atoms in total. The zero-order valence-electron chi connectivity index (χ0n) is 21.7. The molecule has 3 aromatic rings. The van der Waals surface area contributed by atoms with Crippen LogP contribution in [0.4, 0.5) is 13.2 Å². The Balaban J connectivity index is 1.58. The third kappa shape index (κ3) is 7.41. The summed E-state index contributed by atoms with van der Waals surface area (Å²) in [6.45, 7) is 2.12. The first-order valence-electron chi connectivity index (χ1n) is 13.2. The van der Waals surface area contributed by atoms with Gasteiger partial charge in [0.25, 0.3) is 5.91 Å². The van der Waals surface area contributed by atoms with E-state index in [1.807, 2.05) is 0 Å². The SMILES string of the molecule is CCc1sc(-c2ccc(C(F)(F)F)cc2)cc1C(Oc1ccc(C(=O)NCCC(=O)O)cc1)C1CCCCC1. The van der Waals surface area contributed by atoms with E-state index in [1.54, 1.807) is 35.6 Å². The van der Waals surface area contributed by atoms with Crippen molar-refractivity contribution < 1.29 is 32.6 Å². The Kier molecular flexibility index (Phi) is 9.32.